The van der Waals surface area contributed by atoms with Crippen LogP contribution in [0, 0.1) is 11.6 Å². The Labute approximate surface area is 189 Å². The van der Waals surface area contributed by atoms with Crippen LogP contribution in [0.25, 0.3) is 11.3 Å². The summed E-state index contributed by atoms with van der Waals surface area (Å²) in [6, 6.07) is 6.60. The number of carbonyl (C=O) groups excluding carboxylic acids is 1. The van der Waals surface area contributed by atoms with E-state index in [2.05, 4.69) is 20.2 Å². The number of amides is 1. The highest BCUT2D eigenvalue weighted by atomic mass is 19.1. The molecule has 0 spiro atoms. The molecule has 33 heavy (non-hydrogen) atoms. The van der Waals surface area contributed by atoms with Gasteiger partial charge in [0.15, 0.2) is 11.5 Å². The van der Waals surface area contributed by atoms with Gasteiger partial charge in [0, 0.05) is 37.0 Å². The van der Waals surface area contributed by atoms with Crippen LogP contribution in [0.15, 0.2) is 42.7 Å². The number of rotatable bonds is 5. The van der Waals surface area contributed by atoms with Crippen LogP contribution in [-0.4, -0.2) is 42.1 Å². The van der Waals surface area contributed by atoms with E-state index in [1.807, 2.05) is 0 Å². The Morgan fingerprint density at radius 3 is 2.82 bits per heavy atom. The SMILES string of the molecule is COc1ccc(F)c(-c2nc(C(=O)Nc3cnccc3N3CCC[C@H](N)C3)c(N)cc2F)c1. The van der Waals surface area contributed by atoms with Crippen molar-refractivity contribution in [2.24, 2.45) is 5.73 Å². The van der Waals surface area contributed by atoms with Crippen molar-refractivity contribution in [3.63, 3.8) is 0 Å². The first-order chi connectivity index (χ1) is 15.9. The van der Waals surface area contributed by atoms with Gasteiger partial charge in [-0.25, -0.2) is 13.8 Å². The maximum Gasteiger partial charge on any atom is 0.276 e. The number of nitrogens with one attached hydrogen (secondary N) is 1. The van der Waals surface area contributed by atoms with Gasteiger partial charge in [-0.1, -0.05) is 0 Å². The summed E-state index contributed by atoms with van der Waals surface area (Å²) in [5.74, 6) is -1.93. The molecule has 3 heterocycles. The highest BCUT2D eigenvalue weighted by Crippen LogP contribution is 2.31. The van der Waals surface area contributed by atoms with E-state index in [1.165, 1.54) is 25.4 Å². The van der Waals surface area contributed by atoms with Gasteiger partial charge in [-0.3, -0.25) is 9.78 Å². The van der Waals surface area contributed by atoms with Gasteiger partial charge in [-0.15, -0.1) is 0 Å². The number of aromatic nitrogens is 2. The second kappa shape index (κ2) is 9.37. The van der Waals surface area contributed by atoms with Gasteiger partial charge in [0.1, 0.15) is 17.3 Å². The molecule has 2 aromatic heterocycles. The smallest absolute Gasteiger partial charge is 0.276 e. The number of ether oxygens (including phenoxy) is 1. The molecule has 5 N–H and O–H groups in total. The fraction of sp³-hybridized carbons (Fsp3) is 0.261. The molecule has 0 saturated carbocycles. The molecule has 1 saturated heterocycles. The van der Waals surface area contributed by atoms with E-state index in [4.69, 9.17) is 16.2 Å². The van der Waals surface area contributed by atoms with Gasteiger partial charge in [0.25, 0.3) is 5.91 Å². The molecule has 4 rings (SSSR count). The first-order valence-electron chi connectivity index (χ1n) is 10.4. The zero-order chi connectivity index (χ0) is 23.5. The minimum atomic E-state index is -0.861. The number of nitrogens with two attached hydrogens (primary N) is 2. The van der Waals surface area contributed by atoms with Crippen LogP contribution in [-0.2, 0) is 0 Å². The van der Waals surface area contributed by atoms with Crippen LogP contribution in [0.5, 0.6) is 5.75 Å². The molecule has 1 aliphatic rings. The van der Waals surface area contributed by atoms with Crippen LogP contribution in [0.4, 0.5) is 25.8 Å². The molecular weight excluding hydrogens is 430 g/mol. The Bertz CT molecular complexity index is 1190. The lowest BCUT2D eigenvalue weighted by molar-refractivity contribution is 0.102. The van der Waals surface area contributed by atoms with Crippen molar-refractivity contribution in [3.8, 4) is 17.0 Å². The van der Waals surface area contributed by atoms with E-state index < -0.39 is 17.5 Å². The van der Waals surface area contributed by atoms with Crippen molar-refractivity contribution in [1.82, 2.24) is 9.97 Å². The third kappa shape index (κ3) is 4.70. The molecule has 1 amide bonds. The van der Waals surface area contributed by atoms with E-state index >= 15 is 0 Å². The lowest BCUT2D eigenvalue weighted by Gasteiger charge is -2.33. The second-order valence-corrected chi connectivity index (χ2v) is 7.80. The molecule has 3 aromatic rings. The molecule has 0 unspecified atom stereocenters. The normalized spacial score (nSPS) is 15.9. The quantitative estimate of drug-likeness (QED) is 0.542. The molecule has 8 nitrogen and oxygen atoms in total. The number of benzene rings is 1. The summed E-state index contributed by atoms with van der Waals surface area (Å²) in [5, 5.41) is 2.75. The average molecular weight is 454 g/mol. The Morgan fingerprint density at radius 2 is 2.06 bits per heavy atom. The second-order valence-electron chi connectivity index (χ2n) is 7.80. The zero-order valence-corrected chi connectivity index (χ0v) is 18.0. The highest BCUT2D eigenvalue weighted by Gasteiger charge is 2.23. The minimum absolute atomic E-state index is 0.0326. The number of anilines is 3. The number of halogens is 2. The van der Waals surface area contributed by atoms with Crippen molar-refractivity contribution in [1.29, 1.82) is 0 Å². The molecule has 0 radical (unpaired) electrons. The first-order valence-corrected chi connectivity index (χ1v) is 10.4. The van der Waals surface area contributed by atoms with E-state index in [-0.39, 0.29) is 28.7 Å². The predicted molar refractivity (Wildman–Crippen MR) is 122 cm³/mol. The summed E-state index contributed by atoms with van der Waals surface area (Å²) in [6.07, 6.45) is 5.00. The number of carbonyl (C=O) groups is 1. The fourth-order valence-electron chi connectivity index (χ4n) is 3.86. The van der Waals surface area contributed by atoms with Crippen LogP contribution >= 0.6 is 0 Å². The van der Waals surface area contributed by atoms with Gasteiger partial charge in [0.05, 0.1) is 30.4 Å². The Hall–Kier alpha value is -3.79. The average Bonchev–Trinajstić information content (AvgIpc) is 2.80. The van der Waals surface area contributed by atoms with Crippen molar-refractivity contribution >= 4 is 23.0 Å². The van der Waals surface area contributed by atoms with E-state index in [0.717, 1.165) is 37.2 Å². The van der Waals surface area contributed by atoms with Crippen molar-refractivity contribution in [3.05, 3.63) is 60.1 Å². The fourth-order valence-corrected chi connectivity index (χ4v) is 3.86. The summed E-state index contributed by atoms with van der Waals surface area (Å²) in [6.45, 7) is 1.43. The number of hydrogen-bond acceptors (Lipinski definition) is 7. The van der Waals surface area contributed by atoms with Crippen molar-refractivity contribution < 1.29 is 18.3 Å². The Kier molecular flexibility index (Phi) is 6.36. The number of methoxy groups -OCH3 is 1. The summed E-state index contributed by atoms with van der Waals surface area (Å²) in [4.78, 5) is 23.3. The summed E-state index contributed by atoms with van der Waals surface area (Å²) in [7, 11) is 1.41. The van der Waals surface area contributed by atoms with Crippen molar-refractivity contribution in [2.45, 2.75) is 18.9 Å². The summed E-state index contributed by atoms with van der Waals surface area (Å²) in [5.41, 5.74) is 12.3. The number of nitrogen functional groups attached to an aromatic ring is 1. The Morgan fingerprint density at radius 1 is 1.24 bits per heavy atom. The number of nitrogens with zero attached hydrogens (tertiary/aromatic N) is 3. The molecule has 0 aliphatic carbocycles. The zero-order valence-electron chi connectivity index (χ0n) is 18.0. The molecular formula is C23H24F2N6O2. The lowest BCUT2D eigenvalue weighted by atomic mass is 10.1. The van der Waals surface area contributed by atoms with Crippen LogP contribution in [0.1, 0.15) is 23.3 Å². The largest absolute Gasteiger partial charge is 0.497 e. The molecule has 1 aliphatic heterocycles. The van der Waals surface area contributed by atoms with Gasteiger partial charge >= 0.3 is 0 Å². The topological polar surface area (TPSA) is 119 Å². The third-order valence-corrected chi connectivity index (χ3v) is 5.49. The summed E-state index contributed by atoms with van der Waals surface area (Å²) >= 11 is 0. The predicted octanol–water partition coefficient (Wildman–Crippen LogP) is 3.19. The van der Waals surface area contributed by atoms with Crippen LogP contribution < -0.4 is 26.4 Å². The van der Waals surface area contributed by atoms with Crippen LogP contribution in [0.2, 0.25) is 0 Å². The molecule has 1 atom stereocenters. The minimum Gasteiger partial charge on any atom is -0.497 e. The molecule has 10 heteroatoms. The van der Waals surface area contributed by atoms with E-state index in [1.54, 1.807) is 12.3 Å². The monoisotopic (exact) mass is 454 g/mol. The van der Waals surface area contributed by atoms with Gasteiger partial charge in [-0.2, -0.15) is 0 Å². The molecule has 172 valence electrons. The highest BCUT2D eigenvalue weighted by molar-refractivity contribution is 6.08. The van der Waals surface area contributed by atoms with Gasteiger partial charge < -0.3 is 26.4 Å². The summed E-state index contributed by atoms with van der Waals surface area (Å²) < 4.78 is 34.2. The third-order valence-electron chi connectivity index (χ3n) is 5.49. The maximum atomic E-state index is 14.7. The standard InChI is InChI=1S/C23H24F2N6O2/c1-33-14-4-5-16(24)15(9-14)21-17(25)10-18(27)22(30-21)23(32)29-19-11-28-7-6-20(19)31-8-2-3-13(26)12-31/h4-7,9-11,13H,2-3,8,12,26-27H2,1H3,(H,29,32)/t13-/m0/s1. The van der Waals surface area contributed by atoms with Gasteiger partial charge in [-0.05, 0) is 37.1 Å². The molecule has 1 aromatic carbocycles. The first kappa shape index (κ1) is 22.4. The van der Waals surface area contributed by atoms with Crippen molar-refractivity contribution in [2.75, 3.05) is 36.1 Å². The Balaban J connectivity index is 1.67. The number of pyridine rings is 2. The number of hydrogen-bond donors (Lipinski definition) is 3. The number of piperidine rings is 1. The molecule has 1 fully saturated rings. The maximum absolute atomic E-state index is 14.7. The van der Waals surface area contributed by atoms with Gasteiger partial charge in [0.2, 0.25) is 0 Å². The van der Waals surface area contributed by atoms with Crippen LogP contribution in [0.3, 0.4) is 0 Å². The van der Waals surface area contributed by atoms with E-state index in [0.29, 0.717) is 18.0 Å². The lowest BCUT2D eigenvalue weighted by Crippen LogP contribution is -2.43. The molecule has 0 bridgehead atoms. The van der Waals surface area contributed by atoms with E-state index in [9.17, 15) is 13.6 Å².